The fraction of sp³-hybridized carbons (Fsp3) is 0.588. The molecule has 2 rings (SSSR count). The minimum absolute atomic E-state index is 0. The molecule has 1 aromatic rings. The van der Waals surface area contributed by atoms with Crippen molar-refractivity contribution in [2.75, 3.05) is 26.8 Å². The number of hydrogen-bond acceptors (Lipinski definition) is 6. The van der Waals surface area contributed by atoms with Gasteiger partial charge < -0.3 is 20.1 Å². The third-order valence-corrected chi connectivity index (χ3v) is 4.61. The van der Waals surface area contributed by atoms with Crippen LogP contribution in [0.25, 0.3) is 0 Å². The van der Waals surface area contributed by atoms with Gasteiger partial charge in [-0.05, 0) is 18.8 Å². The van der Waals surface area contributed by atoms with Gasteiger partial charge in [0.25, 0.3) is 11.6 Å². The van der Waals surface area contributed by atoms with Crippen molar-refractivity contribution in [3.05, 3.63) is 27.8 Å². The monoisotopic (exact) mass is 387 g/mol. The number of piperidine rings is 1. The van der Waals surface area contributed by atoms with Crippen LogP contribution in [0.2, 0.25) is 0 Å². The third-order valence-electron chi connectivity index (χ3n) is 4.61. The highest BCUT2D eigenvalue weighted by Crippen LogP contribution is 2.36. The number of rotatable bonds is 5. The molecule has 1 aliphatic heterocycles. The summed E-state index contributed by atoms with van der Waals surface area (Å²) in [6.07, 6.45) is 0.654. The molecule has 0 aromatic heterocycles. The second kappa shape index (κ2) is 8.55. The molecule has 0 radical (unpaired) electrons. The summed E-state index contributed by atoms with van der Waals surface area (Å²) in [5.74, 6) is 0.147. The number of carbonyl (C=O) groups excluding carboxylic acids is 1. The summed E-state index contributed by atoms with van der Waals surface area (Å²) < 4.78 is 10.6. The second-order valence-electron chi connectivity index (χ2n) is 6.82. The maximum Gasteiger partial charge on any atom is 0.286 e. The van der Waals surface area contributed by atoms with Crippen molar-refractivity contribution < 1.29 is 19.2 Å². The van der Waals surface area contributed by atoms with Gasteiger partial charge in [-0.3, -0.25) is 14.9 Å². The Hall–Kier alpha value is -2.06. The van der Waals surface area contributed by atoms with E-state index in [4.69, 9.17) is 15.2 Å². The summed E-state index contributed by atoms with van der Waals surface area (Å²) in [6.45, 7) is 7.04. The first kappa shape index (κ1) is 22.0. The molecule has 1 heterocycles. The number of methoxy groups -OCH3 is 1. The smallest absolute Gasteiger partial charge is 0.286 e. The highest BCUT2D eigenvalue weighted by molar-refractivity contribution is 5.99. The molecule has 9 heteroatoms. The number of nitrogens with two attached hydrogens (primary N) is 1. The highest BCUT2D eigenvalue weighted by Gasteiger charge is 2.37. The molecule has 8 nitrogen and oxygen atoms in total. The van der Waals surface area contributed by atoms with E-state index in [9.17, 15) is 14.9 Å². The molecule has 0 saturated carbocycles. The van der Waals surface area contributed by atoms with Crippen LogP contribution < -0.4 is 15.2 Å². The van der Waals surface area contributed by atoms with E-state index in [0.717, 1.165) is 0 Å². The molecule has 1 amide bonds. The molecule has 1 aromatic carbocycles. The Kier molecular flexibility index (Phi) is 7.23. The Bertz CT molecular complexity index is 681. The lowest BCUT2D eigenvalue weighted by Crippen LogP contribution is -2.54. The number of nitrogens with zero attached hydrogens (tertiary/aromatic N) is 2. The normalized spacial score (nSPS) is 18.7. The average Bonchev–Trinajstić information content (AvgIpc) is 2.56. The van der Waals surface area contributed by atoms with E-state index in [-0.39, 0.29) is 40.9 Å². The number of amides is 1. The van der Waals surface area contributed by atoms with Crippen LogP contribution in [0.3, 0.4) is 0 Å². The lowest BCUT2D eigenvalue weighted by Gasteiger charge is -2.42. The standard InChI is InChI=1S/C17H25N3O5.ClH/c1-5-25-14-8-11(12(20(22)23)9-13(14)24-4)16(21)19-7-6-15(18)17(2,3)10-19;/h8-9,15H,5-7,10,18H2,1-4H3;1H. The van der Waals surface area contributed by atoms with Crippen molar-refractivity contribution in [2.24, 2.45) is 11.1 Å². The number of benzene rings is 1. The van der Waals surface area contributed by atoms with Crippen LogP contribution in [0.4, 0.5) is 5.69 Å². The Labute approximate surface area is 159 Å². The summed E-state index contributed by atoms with van der Waals surface area (Å²) in [5, 5.41) is 11.4. The molecular formula is C17H26ClN3O5. The molecule has 146 valence electrons. The zero-order valence-electron chi connectivity index (χ0n) is 15.5. The molecule has 2 N–H and O–H groups in total. The van der Waals surface area contributed by atoms with Crippen LogP contribution in [0.1, 0.15) is 37.6 Å². The van der Waals surface area contributed by atoms with Crippen molar-refractivity contribution in [3.63, 3.8) is 0 Å². The van der Waals surface area contributed by atoms with E-state index >= 15 is 0 Å². The number of halogens is 1. The maximum atomic E-state index is 13.0. The molecule has 1 atom stereocenters. The van der Waals surface area contributed by atoms with Gasteiger partial charge in [-0.2, -0.15) is 0 Å². The summed E-state index contributed by atoms with van der Waals surface area (Å²) in [6, 6.07) is 2.62. The molecule has 0 spiro atoms. The third kappa shape index (κ3) is 4.37. The minimum atomic E-state index is -0.577. The second-order valence-corrected chi connectivity index (χ2v) is 6.82. The number of nitro benzene ring substituents is 1. The zero-order chi connectivity index (χ0) is 18.8. The summed E-state index contributed by atoms with van der Waals surface area (Å²) in [5.41, 5.74) is 5.57. The molecule has 0 aliphatic carbocycles. The van der Waals surface area contributed by atoms with Gasteiger partial charge in [-0.1, -0.05) is 13.8 Å². The lowest BCUT2D eigenvalue weighted by molar-refractivity contribution is -0.385. The fourth-order valence-corrected chi connectivity index (χ4v) is 3.02. The Morgan fingerprint density at radius 3 is 2.58 bits per heavy atom. The average molecular weight is 388 g/mol. The first-order chi connectivity index (χ1) is 11.7. The molecule has 1 saturated heterocycles. The Balaban J connectivity index is 0.00000338. The van der Waals surface area contributed by atoms with E-state index in [1.54, 1.807) is 11.8 Å². The van der Waals surface area contributed by atoms with E-state index in [1.165, 1.54) is 19.2 Å². The van der Waals surface area contributed by atoms with Gasteiger partial charge >= 0.3 is 0 Å². The fourth-order valence-electron chi connectivity index (χ4n) is 3.02. The molecular weight excluding hydrogens is 362 g/mol. The van der Waals surface area contributed by atoms with Gasteiger partial charge in [-0.15, -0.1) is 12.4 Å². The quantitative estimate of drug-likeness (QED) is 0.614. The van der Waals surface area contributed by atoms with Crippen molar-refractivity contribution in [1.29, 1.82) is 0 Å². The van der Waals surface area contributed by atoms with Crippen LogP contribution in [0.5, 0.6) is 11.5 Å². The molecule has 0 bridgehead atoms. The molecule has 1 aliphatic rings. The predicted molar refractivity (Wildman–Crippen MR) is 100 cm³/mol. The van der Waals surface area contributed by atoms with Gasteiger partial charge in [0.05, 0.1) is 24.7 Å². The molecule has 1 fully saturated rings. The minimum Gasteiger partial charge on any atom is -0.493 e. The van der Waals surface area contributed by atoms with E-state index in [0.29, 0.717) is 31.9 Å². The van der Waals surface area contributed by atoms with Crippen LogP contribution in [-0.4, -0.2) is 48.6 Å². The largest absolute Gasteiger partial charge is 0.493 e. The van der Waals surface area contributed by atoms with Gasteiger partial charge in [0, 0.05) is 25.2 Å². The summed E-state index contributed by atoms with van der Waals surface area (Å²) in [4.78, 5) is 25.4. The highest BCUT2D eigenvalue weighted by atomic mass is 35.5. The van der Waals surface area contributed by atoms with Crippen LogP contribution in [0.15, 0.2) is 12.1 Å². The van der Waals surface area contributed by atoms with Crippen molar-refractivity contribution in [3.8, 4) is 11.5 Å². The SMILES string of the molecule is CCOc1cc(C(=O)N2CCC(N)C(C)(C)C2)c([N+](=O)[O-])cc1OC.Cl. The Morgan fingerprint density at radius 1 is 1.42 bits per heavy atom. The topological polar surface area (TPSA) is 108 Å². The van der Waals surface area contributed by atoms with E-state index < -0.39 is 10.8 Å². The van der Waals surface area contributed by atoms with Crippen molar-refractivity contribution in [2.45, 2.75) is 33.2 Å². The number of nitro groups is 1. The number of likely N-dealkylation sites (tertiary alicyclic amines) is 1. The zero-order valence-corrected chi connectivity index (χ0v) is 16.3. The predicted octanol–water partition coefficient (Wildman–Crippen LogP) is 2.62. The van der Waals surface area contributed by atoms with Gasteiger partial charge in [0.1, 0.15) is 5.56 Å². The first-order valence-electron chi connectivity index (χ1n) is 8.25. The van der Waals surface area contributed by atoms with Crippen molar-refractivity contribution >= 4 is 24.0 Å². The summed E-state index contributed by atoms with van der Waals surface area (Å²) in [7, 11) is 1.40. The maximum absolute atomic E-state index is 13.0. The van der Waals surface area contributed by atoms with E-state index in [2.05, 4.69) is 0 Å². The number of carbonyl (C=O) groups is 1. The Morgan fingerprint density at radius 2 is 2.08 bits per heavy atom. The lowest BCUT2D eigenvalue weighted by atomic mass is 9.79. The van der Waals surface area contributed by atoms with Crippen molar-refractivity contribution in [1.82, 2.24) is 4.90 Å². The van der Waals surface area contributed by atoms with Crippen LogP contribution in [-0.2, 0) is 0 Å². The van der Waals surface area contributed by atoms with Crippen LogP contribution in [0, 0.1) is 15.5 Å². The number of hydrogen-bond donors (Lipinski definition) is 1. The number of ether oxygens (including phenoxy) is 2. The molecule has 26 heavy (non-hydrogen) atoms. The van der Waals surface area contributed by atoms with Gasteiger partial charge in [0.15, 0.2) is 11.5 Å². The summed E-state index contributed by atoms with van der Waals surface area (Å²) >= 11 is 0. The first-order valence-corrected chi connectivity index (χ1v) is 8.25. The molecule has 1 unspecified atom stereocenters. The van der Waals surface area contributed by atoms with Crippen LogP contribution >= 0.6 is 12.4 Å². The van der Waals surface area contributed by atoms with Gasteiger partial charge in [0.2, 0.25) is 0 Å². The van der Waals surface area contributed by atoms with E-state index in [1.807, 2.05) is 13.8 Å². The van der Waals surface area contributed by atoms with Gasteiger partial charge in [-0.25, -0.2) is 0 Å².